The predicted molar refractivity (Wildman–Crippen MR) is 96.0 cm³/mol. The average molecular weight is 346 g/mol. The zero-order chi connectivity index (χ0) is 17.6. The number of nitrogens with zero attached hydrogens (tertiary/aromatic N) is 4. The third-order valence-electron chi connectivity index (χ3n) is 5.17. The van der Waals surface area contributed by atoms with Gasteiger partial charge in [0, 0.05) is 12.6 Å². The molecule has 1 saturated heterocycles. The molecule has 0 bridgehead atoms. The number of hydrogen-bond donors (Lipinski definition) is 1. The van der Waals surface area contributed by atoms with Crippen LogP contribution in [0.15, 0.2) is 22.8 Å². The smallest absolute Gasteiger partial charge is 0.147 e. The number of furan rings is 1. The Morgan fingerprint density at radius 1 is 1.32 bits per heavy atom. The Bertz CT molecular complexity index is 638. The Labute approximate surface area is 149 Å². The van der Waals surface area contributed by atoms with Crippen LogP contribution in [0.25, 0.3) is 0 Å². The molecule has 0 radical (unpaired) electrons. The molecule has 0 spiro atoms. The van der Waals surface area contributed by atoms with Crippen LogP contribution in [0.1, 0.15) is 69.0 Å². The average Bonchev–Trinajstić information content (AvgIpc) is 3.19. The number of likely N-dealkylation sites (tertiary alicyclic amines) is 1. The Morgan fingerprint density at radius 3 is 2.96 bits per heavy atom. The van der Waals surface area contributed by atoms with Crippen molar-refractivity contribution in [3.8, 4) is 0 Å². The molecule has 2 aromatic heterocycles. The van der Waals surface area contributed by atoms with Crippen molar-refractivity contribution in [2.75, 3.05) is 6.54 Å². The second kappa shape index (κ2) is 8.63. The Kier molecular flexibility index (Phi) is 6.26. The van der Waals surface area contributed by atoms with Gasteiger partial charge in [0.2, 0.25) is 0 Å². The minimum Gasteiger partial charge on any atom is -0.467 e. The molecule has 2 aromatic rings. The van der Waals surface area contributed by atoms with Gasteiger partial charge in [0.15, 0.2) is 0 Å². The van der Waals surface area contributed by atoms with Gasteiger partial charge in [0.1, 0.15) is 23.5 Å². The first-order chi connectivity index (χ1) is 12.2. The Hall–Kier alpha value is -1.66. The summed E-state index contributed by atoms with van der Waals surface area (Å²) < 4.78 is 7.61. The number of aromatic nitrogens is 3. The first kappa shape index (κ1) is 18.1. The second-order valence-electron chi connectivity index (χ2n) is 7.06. The van der Waals surface area contributed by atoms with Crippen molar-refractivity contribution in [3.05, 3.63) is 35.8 Å². The summed E-state index contributed by atoms with van der Waals surface area (Å²) >= 11 is 0. The molecule has 0 amide bonds. The molecule has 2 unspecified atom stereocenters. The van der Waals surface area contributed by atoms with E-state index in [9.17, 15) is 5.11 Å². The van der Waals surface area contributed by atoms with Crippen molar-refractivity contribution in [2.45, 2.75) is 77.6 Å². The predicted octanol–water partition coefficient (Wildman–Crippen LogP) is 3.46. The maximum absolute atomic E-state index is 10.5. The van der Waals surface area contributed by atoms with Crippen molar-refractivity contribution in [3.63, 3.8) is 0 Å². The van der Waals surface area contributed by atoms with Crippen LogP contribution in [0.5, 0.6) is 0 Å². The summed E-state index contributed by atoms with van der Waals surface area (Å²) in [5.74, 6) is 2.69. The Morgan fingerprint density at radius 2 is 2.20 bits per heavy atom. The van der Waals surface area contributed by atoms with Gasteiger partial charge < -0.3 is 14.1 Å². The zero-order valence-corrected chi connectivity index (χ0v) is 15.4. The second-order valence-corrected chi connectivity index (χ2v) is 7.06. The molecule has 6 nitrogen and oxygen atoms in total. The van der Waals surface area contributed by atoms with Crippen molar-refractivity contribution in [1.29, 1.82) is 0 Å². The minimum absolute atomic E-state index is 0.342. The molecule has 1 N–H and O–H groups in total. The largest absolute Gasteiger partial charge is 0.467 e. The maximum Gasteiger partial charge on any atom is 0.147 e. The van der Waals surface area contributed by atoms with Crippen LogP contribution in [0.3, 0.4) is 0 Å². The molecule has 0 aromatic carbocycles. The lowest BCUT2D eigenvalue weighted by Crippen LogP contribution is -2.36. The van der Waals surface area contributed by atoms with Gasteiger partial charge in [0.05, 0.1) is 12.8 Å². The van der Waals surface area contributed by atoms with Gasteiger partial charge in [-0.1, -0.05) is 19.8 Å². The first-order valence-corrected chi connectivity index (χ1v) is 9.53. The lowest BCUT2D eigenvalue weighted by atomic mass is 10.0. The normalized spacial score (nSPS) is 20.5. The number of rotatable bonds is 7. The van der Waals surface area contributed by atoms with Gasteiger partial charge in [0.25, 0.3) is 0 Å². The highest BCUT2D eigenvalue weighted by Gasteiger charge is 2.26. The van der Waals surface area contributed by atoms with Crippen LogP contribution in [-0.4, -0.2) is 37.4 Å². The molecule has 138 valence electrons. The summed E-state index contributed by atoms with van der Waals surface area (Å²) in [7, 11) is 0. The number of aliphatic hydroxyl groups is 1. The van der Waals surface area contributed by atoms with Gasteiger partial charge in [-0.3, -0.25) is 4.90 Å². The number of aliphatic hydroxyl groups excluding tert-OH is 1. The van der Waals surface area contributed by atoms with E-state index in [1.165, 1.54) is 19.3 Å². The number of hydrogen-bond acceptors (Lipinski definition) is 5. The van der Waals surface area contributed by atoms with Crippen LogP contribution < -0.4 is 0 Å². The highest BCUT2D eigenvalue weighted by atomic mass is 16.4. The fourth-order valence-corrected chi connectivity index (χ4v) is 3.80. The zero-order valence-electron chi connectivity index (χ0n) is 15.4. The van der Waals surface area contributed by atoms with Crippen molar-refractivity contribution >= 4 is 0 Å². The third kappa shape index (κ3) is 4.50. The standard InChI is InChI=1S/C19H30N4O2/c1-3-10-23-15(2)20-21-19(23)14-22-11-6-4-5-8-16(22)13-17(24)18-9-7-12-25-18/h7,9,12,16-17,24H,3-6,8,10-11,13-14H2,1-2H3. The van der Waals surface area contributed by atoms with Gasteiger partial charge in [-0.15, -0.1) is 10.2 Å². The van der Waals surface area contributed by atoms with Crippen LogP contribution in [0.2, 0.25) is 0 Å². The minimum atomic E-state index is -0.546. The van der Waals surface area contributed by atoms with E-state index in [1.54, 1.807) is 6.26 Å². The van der Waals surface area contributed by atoms with Gasteiger partial charge >= 0.3 is 0 Å². The third-order valence-corrected chi connectivity index (χ3v) is 5.17. The van der Waals surface area contributed by atoms with Crippen molar-refractivity contribution < 1.29 is 9.52 Å². The molecule has 1 aliphatic rings. The van der Waals surface area contributed by atoms with E-state index >= 15 is 0 Å². The highest BCUT2D eigenvalue weighted by Crippen LogP contribution is 2.27. The van der Waals surface area contributed by atoms with Crippen LogP contribution in [0.4, 0.5) is 0 Å². The van der Waals surface area contributed by atoms with E-state index < -0.39 is 6.10 Å². The lowest BCUT2D eigenvalue weighted by Gasteiger charge is -2.30. The van der Waals surface area contributed by atoms with E-state index in [-0.39, 0.29) is 0 Å². The van der Waals surface area contributed by atoms with Crippen molar-refractivity contribution in [2.24, 2.45) is 0 Å². The van der Waals surface area contributed by atoms with Crippen molar-refractivity contribution in [1.82, 2.24) is 19.7 Å². The summed E-state index contributed by atoms with van der Waals surface area (Å²) in [6.45, 7) is 7.01. The molecule has 6 heteroatoms. The topological polar surface area (TPSA) is 67.3 Å². The maximum atomic E-state index is 10.5. The van der Waals surface area contributed by atoms with Gasteiger partial charge in [-0.05, 0) is 51.3 Å². The fourth-order valence-electron chi connectivity index (χ4n) is 3.80. The quantitative estimate of drug-likeness (QED) is 0.831. The molecule has 3 rings (SSSR count). The van der Waals surface area contributed by atoms with Gasteiger partial charge in [-0.2, -0.15) is 0 Å². The van der Waals surface area contributed by atoms with E-state index in [0.29, 0.717) is 18.2 Å². The lowest BCUT2D eigenvalue weighted by molar-refractivity contribution is 0.0813. The molecular weight excluding hydrogens is 316 g/mol. The summed E-state index contributed by atoms with van der Waals surface area (Å²) in [5, 5.41) is 19.2. The molecular formula is C19H30N4O2. The van der Waals surface area contributed by atoms with E-state index in [2.05, 4.69) is 26.6 Å². The Balaban J connectivity index is 1.72. The van der Waals surface area contributed by atoms with Crippen LogP contribution in [-0.2, 0) is 13.1 Å². The number of aryl methyl sites for hydroxylation is 1. The molecule has 25 heavy (non-hydrogen) atoms. The molecule has 1 aliphatic heterocycles. The summed E-state index contributed by atoms with van der Waals surface area (Å²) in [5.41, 5.74) is 0. The van der Waals surface area contributed by atoms with Crippen LogP contribution >= 0.6 is 0 Å². The highest BCUT2D eigenvalue weighted by molar-refractivity contribution is 5.03. The monoisotopic (exact) mass is 346 g/mol. The van der Waals surface area contributed by atoms with E-state index in [0.717, 1.165) is 44.1 Å². The summed E-state index contributed by atoms with van der Waals surface area (Å²) in [6.07, 6.45) is 7.64. The van der Waals surface area contributed by atoms with Gasteiger partial charge in [-0.25, -0.2) is 0 Å². The van der Waals surface area contributed by atoms with Crippen LogP contribution in [0, 0.1) is 6.92 Å². The summed E-state index contributed by atoms with van der Waals surface area (Å²) in [6, 6.07) is 4.03. The molecule has 3 heterocycles. The molecule has 1 fully saturated rings. The first-order valence-electron chi connectivity index (χ1n) is 9.53. The molecule has 0 aliphatic carbocycles. The summed E-state index contributed by atoms with van der Waals surface area (Å²) in [4.78, 5) is 2.48. The van der Waals surface area contributed by atoms with E-state index in [4.69, 9.17) is 4.42 Å². The molecule has 2 atom stereocenters. The SMILES string of the molecule is CCCn1c(C)nnc1CN1CCCCCC1CC(O)c1ccco1. The fraction of sp³-hybridized carbons (Fsp3) is 0.684. The van der Waals surface area contributed by atoms with E-state index in [1.807, 2.05) is 19.1 Å². The molecule has 0 saturated carbocycles.